The highest BCUT2D eigenvalue weighted by atomic mass is 19.3. The van der Waals surface area contributed by atoms with Crippen molar-refractivity contribution in [2.24, 2.45) is 0 Å². The standard InChI is InChI=1S/C20H14F3N9O2/c21-10-2-1-5-31-14(10)8-13(29-31)16-15-11(24-9-25-15)3-6-30(16)19(33)18-27-26-17(34-18)12-4-7-32(28-12)20(22)23/h1-2,4-5,7-9,16,20H,3,6H2,(H,24,25)/t16-/m1/s1. The Kier molecular flexibility index (Phi) is 4.46. The zero-order valence-corrected chi connectivity index (χ0v) is 17.1. The van der Waals surface area contributed by atoms with Gasteiger partial charge in [-0.3, -0.25) is 4.79 Å². The second-order valence-electron chi connectivity index (χ2n) is 7.54. The molecule has 0 saturated heterocycles. The van der Waals surface area contributed by atoms with Gasteiger partial charge in [-0.05, 0) is 24.3 Å². The molecule has 0 spiro atoms. The molecule has 6 heterocycles. The van der Waals surface area contributed by atoms with Gasteiger partial charge in [-0.2, -0.15) is 19.0 Å². The van der Waals surface area contributed by atoms with E-state index in [0.717, 1.165) is 11.9 Å². The minimum Gasteiger partial charge on any atom is -0.411 e. The highest BCUT2D eigenvalue weighted by Gasteiger charge is 2.38. The van der Waals surface area contributed by atoms with Gasteiger partial charge in [0.2, 0.25) is 0 Å². The fourth-order valence-electron chi connectivity index (χ4n) is 4.03. The summed E-state index contributed by atoms with van der Waals surface area (Å²) in [5, 5.41) is 15.7. The van der Waals surface area contributed by atoms with Crippen molar-refractivity contribution in [3.63, 3.8) is 0 Å². The van der Waals surface area contributed by atoms with E-state index >= 15 is 0 Å². The lowest BCUT2D eigenvalue weighted by Crippen LogP contribution is -2.41. The number of halogens is 3. The van der Waals surface area contributed by atoms with Crippen molar-refractivity contribution in [2.45, 2.75) is 19.0 Å². The Morgan fingerprint density at radius 2 is 2.09 bits per heavy atom. The van der Waals surface area contributed by atoms with Gasteiger partial charge in [0.25, 0.3) is 5.89 Å². The number of nitrogens with one attached hydrogen (secondary N) is 1. The number of pyridine rings is 1. The number of H-pyrrole nitrogens is 1. The highest BCUT2D eigenvalue weighted by molar-refractivity contribution is 5.90. The average Bonchev–Trinajstić information content (AvgIpc) is 3.62. The van der Waals surface area contributed by atoms with Crippen molar-refractivity contribution >= 4 is 11.4 Å². The molecule has 0 unspecified atom stereocenters. The summed E-state index contributed by atoms with van der Waals surface area (Å²) in [6, 6.07) is 4.94. The van der Waals surface area contributed by atoms with Crippen molar-refractivity contribution in [3.05, 3.63) is 71.8 Å². The molecule has 11 nitrogen and oxygen atoms in total. The Morgan fingerprint density at radius 3 is 2.88 bits per heavy atom. The number of rotatable bonds is 4. The molecule has 0 fully saturated rings. The van der Waals surface area contributed by atoms with Crippen LogP contribution in [0.2, 0.25) is 0 Å². The lowest BCUT2D eigenvalue weighted by Gasteiger charge is -2.32. The van der Waals surface area contributed by atoms with E-state index in [1.165, 1.54) is 33.9 Å². The molecule has 5 aromatic heterocycles. The number of imidazole rings is 1. The van der Waals surface area contributed by atoms with Gasteiger partial charge in [-0.1, -0.05) is 0 Å². The summed E-state index contributed by atoms with van der Waals surface area (Å²) in [4.78, 5) is 22.3. The smallest absolute Gasteiger partial charge is 0.333 e. The second-order valence-corrected chi connectivity index (χ2v) is 7.54. The minimum atomic E-state index is -2.83. The van der Waals surface area contributed by atoms with Crippen LogP contribution >= 0.6 is 0 Å². The van der Waals surface area contributed by atoms with Gasteiger partial charge < -0.3 is 14.3 Å². The summed E-state index contributed by atoms with van der Waals surface area (Å²) in [5.74, 6) is -1.59. The summed E-state index contributed by atoms with van der Waals surface area (Å²) >= 11 is 0. The molecule has 0 aromatic carbocycles. The van der Waals surface area contributed by atoms with Gasteiger partial charge >= 0.3 is 18.3 Å². The van der Waals surface area contributed by atoms with Crippen LogP contribution in [-0.2, 0) is 6.42 Å². The fraction of sp³-hybridized carbons (Fsp3) is 0.200. The molecule has 1 aliphatic rings. The van der Waals surface area contributed by atoms with E-state index in [1.807, 2.05) is 0 Å². The van der Waals surface area contributed by atoms with E-state index in [-0.39, 0.29) is 29.5 Å². The van der Waals surface area contributed by atoms with Crippen LogP contribution in [0.4, 0.5) is 13.2 Å². The maximum atomic E-state index is 14.3. The van der Waals surface area contributed by atoms with Crippen LogP contribution in [0.15, 0.2) is 47.4 Å². The number of fused-ring (bicyclic) bond motifs is 2. The molecule has 1 aliphatic heterocycles. The Labute approximate surface area is 187 Å². The summed E-state index contributed by atoms with van der Waals surface area (Å²) in [7, 11) is 0. The first-order valence-electron chi connectivity index (χ1n) is 10.1. The molecule has 1 amide bonds. The number of carbonyl (C=O) groups is 1. The van der Waals surface area contributed by atoms with Gasteiger partial charge in [-0.15, -0.1) is 10.2 Å². The van der Waals surface area contributed by atoms with E-state index in [1.54, 1.807) is 12.3 Å². The zero-order valence-electron chi connectivity index (χ0n) is 17.1. The number of aromatic nitrogens is 8. The largest absolute Gasteiger partial charge is 0.411 e. The normalized spacial score (nSPS) is 15.9. The Hall–Kier alpha value is -4.49. The van der Waals surface area contributed by atoms with E-state index in [0.29, 0.717) is 22.5 Å². The van der Waals surface area contributed by atoms with Crippen LogP contribution in [0, 0.1) is 5.82 Å². The third-order valence-electron chi connectivity index (χ3n) is 5.57. The monoisotopic (exact) mass is 469 g/mol. The number of amides is 1. The summed E-state index contributed by atoms with van der Waals surface area (Å²) < 4.78 is 47.2. The summed E-state index contributed by atoms with van der Waals surface area (Å²) in [6.07, 6.45) is 4.67. The van der Waals surface area contributed by atoms with E-state index in [4.69, 9.17) is 4.42 Å². The molecule has 172 valence electrons. The first-order valence-corrected chi connectivity index (χ1v) is 10.1. The number of hydrogen-bond donors (Lipinski definition) is 1. The molecule has 14 heteroatoms. The quantitative estimate of drug-likeness (QED) is 0.429. The molecule has 1 N–H and O–H groups in total. The topological polar surface area (TPSA) is 123 Å². The van der Waals surface area contributed by atoms with Gasteiger partial charge in [0.1, 0.15) is 23.1 Å². The van der Waals surface area contributed by atoms with Crippen molar-refractivity contribution in [1.82, 2.24) is 44.5 Å². The van der Waals surface area contributed by atoms with Crippen LogP contribution in [-0.4, -0.2) is 56.9 Å². The minimum absolute atomic E-state index is 0.00691. The van der Waals surface area contributed by atoms with Crippen molar-refractivity contribution in [3.8, 4) is 11.6 Å². The van der Waals surface area contributed by atoms with Crippen molar-refractivity contribution in [1.29, 1.82) is 0 Å². The predicted octanol–water partition coefficient (Wildman–Crippen LogP) is 2.63. The van der Waals surface area contributed by atoms with Crippen LogP contribution < -0.4 is 0 Å². The van der Waals surface area contributed by atoms with Gasteiger partial charge in [-0.25, -0.2) is 18.6 Å². The average molecular weight is 469 g/mol. The zero-order chi connectivity index (χ0) is 23.4. The third kappa shape index (κ3) is 3.14. The highest BCUT2D eigenvalue weighted by Crippen LogP contribution is 2.34. The number of nitrogens with zero attached hydrogens (tertiary/aromatic N) is 8. The molecule has 5 aromatic rings. The van der Waals surface area contributed by atoms with Crippen LogP contribution in [0.1, 0.15) is 40.4 Å². The SMILES string of the molecule is O=C(c1nnc(-c2ccn(C(F)F)n2)o1)N1CCc2[nH]cnc2[C@H]1c1cc2c(F)cccn2n1. The summed E-state index contributed by atoms with van der Waals surface area (Å²) in [5.41, 5.74) is 2.06. The van der Waals surface area contributed by atoms with Crippen LogP contribution in [0.3, 0.4) is 0 Å². The molecule has 0 aliphatic carbocycles. The molecule has 0 saturated carbocycles. The molecular weight excluding hydrogens is 455 g/mol. The molecule has 6 rings (SSSR count). The first-order chi connectivity index (χ1) is 16.5. The Bertz CT molecular complexity index is 1520. The molecule has 34 heavy (non-hydrogen) atoms. The third-order valence-corrected chi connectivity index (χ3v) is 5.57. The van der Waals surface area contributed by atoms with Crippen LogP contribution in [0.5, 0.6) is 0 Å². The summed E-state index contributed by atoms with van der Waals surface area (Å²) in [6.45, 7) is -2.56. The Balaban J connectivity index is 1.37. The fourth-order valence-corrected chi connectivity index (χ4v) is 4.03. The van der Waals surface area contributed by atoms with Gasteiger partial charge in [0, 0.05) is 31.1 Å². The first kappa shape index (κ1) is 20.1. The van der Waals surface area contributed by atoms with Gasteiger partial charge in [0.15, 0.2) is 0 Å². The number of hydrogen-bond acceptors (Lipinski definition) is 7. The van der Waals surface area contributed by atoms with Gasteiger partial charge in [0.05, 0.1) is 17.7 Å². The molecule has 0 bridgehead atoms. The predicted molar refractivity (Wildman–Crippen MR) is 107 cm³/mol. The number of carbonyl (C=O) groups excluding carboxylic acids is 1. The van der Waals surface area contributed by atoms with E-state index in [9.17, 15) is 18.0 Å². The maximum Gasteiger partial charge on any atom is 0.333 e. The van der Waals surface area contributed by atoms with E-state index < -0.39 is 24.3 Å². The van der Waals surface area contributed by atoms with Crippen molar-refractivity contribution in [2.75, 3.05) is 6.54 Å². The molecular formula is C20H14F3N9O2. The molecule has 0 radical (unpaired) electrons. The lowest BCUT2D eigenvalue weighted by atomic mass is 9.99. The van der Waals surface area contributed by atoms with Crippen molar-refractivity contribution < 1.29 is 22.4 Å². The number of alkyl halides is 2. The van der Waals surface area contributed by atoms with E-state index in [2.05, 4.69) is 30.4 Å². The maximum absolute atomic E-state index is 14.3. The number of aromatic amines is 1. The molecule has 1 atom stereocenters. The Morgan fingerprint density at radius 1 is 1.21 bits per heavy atom. The lowest BCUT2D eigenvalue weighted by molar-refractivity contribution is 0.0566. The second kappa shape index (κ2) is 7.54. The van der Waals surface area contributed by atoms with Crippen LogP contribution in [0.25, 0.3) is 17.1 Å².